The SMILES string of the molecule is CCNC(=NCC(=O)OC(C)(C)C)NCCOCC.I. The zero-order chi connectivity index (χ0) is 14.7. The van der Waals surface area contributed by atoms with Crippen LogP contribution >= 0.6 is 24.0 Å². The topological polar surface area (TPSA) is 72.0 Å². The van der Waals surface area contributed by atoms with E-state index < -0.39 is 5.60 Å². The number of guanidine groups is 1. The molecule has 0 amide bonds. The molecule has 0 atom stereocenters. The van der Waals surface area contributed by atoms with Gasteiger partial charge in [-0.2, -0.15) is 0 Å². The highest BCUT2D eigenvalue weighted by Gasteiger charge is 2.15. The van der Waals surface area contributed by atoms with E-state index in [9.17, 15) is 4.79 Å². The second kappa shape index (κ2) is 12.2. The standard InChI is InChI=1S/C13H27N3O3.HI/c1-6-14-12(15-8-9-18-7-2)16-10-11(17)19-13(3,4)5;/h6-10H2,1-5H3,(H2,14,15,16);1H. The molecule has 0 aromatic rings. The fourth-order valence-corrected chi connectivity index (χ4v) is 1.25. The van der Waals surface area contributed by atoms with E-state index >= 15 is 0 Å². The lowest BCUT2D eigenvalue weighted by Gasteiger charge is -2.19. The van der Waals surface area contributed by atoms with Crippen molar-refractivity contribution in [2.75, 3.05) is 32.8 Å². The van der Waals surface area contributed by atoms with Crippen LogP contribution in [-0.2, 0) is 14.3 Å². The third-order valence-electron chi connectivity index (χ3n) is 1.87. The molecule has 6 nitrogen and oxygen atoms in total. The highest BCUT2D eigenvalue weighted by atomic mass is 127. The van der Waals surface area contributed by atoms with Gasteiger partial charge in [0.2, 0.25) is 0 Å². The number of hydrogen-bond donors (Lipinski definition) is 2. The van der Waals surface area contributed by atoms with Crippen molar-refractivity contribution in [2.24, 2.45) is 4.99 Å². The van der Waals surface area contributed by atoms with Gasteiger partial charge in [0, 0.05) is 19.7 Å². The molecule has 0 aliphatic rings. The van der Waals surface area contributed by atoms with Crippen LogP contribution in [0.5, 0.6) is 0 Å². The number of esters is 1. The van der Waals surface area contributed by atoms with Gasteiger partial charge in [-0.05, 0) is 34.6 Å². The van der Waals surface area contributed by atoms with Crippen molar-refractivity contribution in [3.63, 3.8) is 0 Å². The summed E-state index contributed by atoms with van der Waals surface area (Å²) in [7, 11) is 0. The molecule has 2 N–H and O–H groups in total. The Kier molecular flexibility index (Phi) is 13.2. The molecule has 120 valence electrons. The first-order chi connectivity index (χ1) is 8.89. The van der Waals surface area contributed by atoms with Crippen LogP contribution in [0.3, 0.4) is 0 Å². The number of halogens is 1. The van der Waals surface area contributed by atoms with Crippen LogP contribution in [0, 0.1) is 0 Å². The monoisotopic (exact) mass is 401 g/mol. The van der Waals surface area contributed by atoms with E-state index in [2.05, 4.69) is 15.6 Å². The van der Waals surface area contributed by atoms with E-state index in [1.54, 1.807) is 0 Å². The summed E-state index contributed by atoms with van der Waals surface area (Å²) in [5.41, 5.74) is -0.479. The van der Waals surface area contributed by atoms with Crippen LogP contribution in [0.1, 0.15) is 34.6 Å². The Labute approximate surface area is 139 Å². The Balaban J connectivity index is 0. The molecule has 0 spiro atoms. The third kappa shape index (κ3) is 13.9. The highest BCUT2D eigenvalue weighted by Crippen LogP contribution is 2.06. The van der Waals surface area contributed by atoms with E-state index in [1.807, 2.05) is 34.6 Å². The van der Waals surface area contributed by atoms with Crippen LogP contribution < -0.4 is 10.6 Å². The smallest absolute Gasteiger partial charge is 0.328 e. The first-order valence-electron chi connectivity index (χ1n) is 6.70. The number of nitrogens with one attached hydrogen (secondary N) is 2. The number of ether oxygens (including phenoxy) is 2. The van der Waals surface area contributed by atoms with Gasteiger partial charge in [0.15, 0.2) is 5.96 Å². The summed E-state index contributed by atoms with van der Waals surface area (Å²) in [5, 5.41) is 6.13. The van der Waals surface area contributed by atoms with Crippen molar-refractivity contribution in [1.82, 2.24) is 10.6 Å². The molecule has 0 aliphatic carbocycles. The maximum Gasteiger partial charge on any atom is 0.328 e. The van der Waals surface area contributed by atoms with Gasteiger partial charge in [-0.25, -0.2) is 4.99 Å². The van der Waals surface area contributed by atoms with Crippen molar-refractivity contribution in [3.8, 4) is 0 Å². The molecular formula is C13H28IN3O3. The molecule has 0 aromatic carbocycles. The van der Waals surface area contributed by atoms with Crippen LogP contribution in [0.25, 0.3) is 0 Å². The van der Waals surface area contributed by atoms with Gasteiger partial charge >= 0.3 is 5.97 Å². The Bertz CT molecular complexity index is 291. The Morgan fingerprint density at radius 3 is 2.35 bits per heavy atom. The minimum absolute atomic E-state index is 0. The minimum Gasteiger partial charge on any atom is -0.459 e. The van der Waals surface area contributed by atoms with Crippen LogP contribution in [0.4, 0.5) is 0 Å². The first kappa shape index (κ1) is 21.7. The van der Waals surface area contributed by atoms with Crippen LogP contribution in [0.2, 0.25) is 0 Å². The molecule has 0 aromatic heterocycles. The lowest BCUT2D eigenvalue weighted by Crippen LogP contribution is -2.39. The van der Waals surface area contributed by atoms with Crippen molar-refractivity contribution >= 4 is 35.9 Å². The summed E-state index contributed by atoms with van der Waals surface area (Å²) in [6, 6.07) is 0. The third-order valence-corrected chi connectivity index (χ3v) is 1.87. The zero-order valence-electron chi connectivity index (χ0n) is 13.1. The lowest BCUT2D eigenvalue weighted by molar-refractivity contribution is -0.152. The van der Waals surface area contributed by atoms with E-state index in [-0.39, 0.29) is 36.5 Å². The fourth-order valence-electron chi connectivity index (χ4n) is 1.25. The summed E-state index contributed by atoms with van der Waals surface area (Å²) in [5.74, 6) is 0.252. The van der Waals surface area contributed by atoms with Gasteiger partial charge < -0.3 is 20.1 Å². The minimum atomic E-state index is -0.479. The maximum absolute atomic E-state index is 11.5. The van der Waals surface area contributed by atoms with Crippen molar-refractivity contribution < 1.29 is 14.3 Å². The summed E-state index contributed by atoms with van der Waals surface area (Å²) < 4.78 is 10.4. The fraction of sp³-hybridized carbons (Fsp3) is 0.846. The number of nitrogens with zero attached hydrogens (tertiary/aromatic N) is 1. The summed E-state index contributed by atoms with van der Waals surface area (Å²) in [6.07, 6.45) is 0. The van der Waals surface area contributed by atoms with E-state index in [0.717, 1.165) is 6.54 Å². The number of carbonyl (C=O) groups excluding carboxylic acids is 1. The molecule has 20 heavy (non-hydrogen) atoms. The Morgan fingerprint density at radius 2 is 1.85 bits per heavy atom. The van der Waals surface area contributed by atoms with E-state index in [0.29, 0.717) is 25.7 Å². The molecule has 0 saturated heterocycles. The molecule has 0 fully saturated rings. The Morgan fingerprint density at radius 1 is 1.20 bits per heavy atom. The Hall–Kier alpha value is -0.570. The summed E-state index contributed by atoms with van der Waals surface area (Å²) >= 11 is 0. The lowest BCUT2D eigenvalue weighted by atomic mass is 10.2. The molecular weight excluding hydrogens is 373 g/mol. The van der Waals surface area contributed by atoms with Gasteiger partial charge in [-0.1, -0.05) is 0 Å². The van der Waals surface area contributed by atoms with Gasteiger partial charge in [-0.3, -0.25) is 4.79 Å². The van der Waals surface area contributed by atoms with E-state index in [4.69, 9.17) is 9.47 Å². The molecule has 0 rings (SSSR count). The first-order valence-corrected chi connectivity index (χ1v) is 6.70. The normalized spacial score (nSPS) is 11.6. The molecule has 0 heterocycles. The molecule has 0 radical (unpaired) electrons. The predicted molar refractivity (Wildman–Crippen MR) is 91.7 cm³/mol. The second-order valence-electron chi connectivity index (χ2n) is 4.91. The zero-order valence-corrected chi connectivity index (χ0v) is 15.4. The molecule has 0 bridgehead atoms. The van der Waals surface area contributed by atoms with Gasteiger partial charge in [0.05, 0.1) is 6.61 Å². The van der Waals surface area contributed by atoms with Crippen LogP contribution in [-0.4, -0.2) is 50.4 Å². The molecule has 0 aliphatic heterocycles. The number of rotatable bonds is 7. The molecule has 7 heteroatoms. The van der Waals surface area contributed by atoms with Crippen LogP contribution in [0.15, 0.2) is 4.99 Å². The average Bonchev–Trinajstić information content (AvgIpc) is 2.29. The predicted octanol–water partition coefficient (Wildman–Crippen LogP) is 1.54. The quantitative estimate of drug-likeness (QED) is 0.223. The average molecular weight is 401 g/mol. The molecule has 0 saturated carbocycles. The maximum atomic E-state index is 11.5. The summed E-state index contributed by atoms with van der Waals surface area (Å²) in [4.78, 5) is 15.7. The van der Waals surface area contributed by atoms with E-state index in [1.165, 1.54) is 0 Å². The highest BCUT2D eigenvalue weighted by molar-refractivity contribution is 14.0. The number of hydrogen-bond acceptors (Lipinski definition) is 4. The number of aliphatic imine (C=N–C) groups is 1. The second-order valence-corrected chi connectivity index (χ2v) is 4.91. The van der Waals surface area contributed by atoms with Crippen molar-refractivity contribution in [2.45, 2.75) is 40.2 Å². The largest absolute Gasteiger partial charge is 0.459 e. The van der Waals surface area contributed by atoms with Crippen molar-refractivity contribution in [1.29, 1.82) is 0 Å². The van der Waals surface area contributed by atoms with Gasteiger partial charge in [0.25, 0.3) is 0 Å². The summed E-state index contributed by atoms with van der Waals surface area (Å²) in [6.45, 7) is 12.1. The van der Waals surface area contributed by atoms with Crippen molar-refractivity contribution in [3.05, 3.63) is 0 Å². The molecule has 0 unspecified atom stereocenters. The van der Waals surface area contributed by atoms with Gasteiger partial charge in [0.1, 0.15) is 12.1 Å². The van der Waals surface area contributed by atoms with Gasteiger partial charge in [-0.15, -0.1) is 24.0 Å². The number of carbonyl (C=O) groups is 1.